The first-order valence-corrected chi connectivity index (χ1v) is 19.0. The summed E-state index contributed by atoms with van der Waals surface area (Å²) in [6.07, 6.45) is 0. The second-order valence-corrected chi connectivity index (χ2v) is 14.4. The summed E-state index contributed by atoms with van der Waals surface area (Å²) in [6.45, 7) is 0. The maximum Gasteiger partial charge on any atom is 0.164 e. The summed E-state index contributed by atoms with van der Waals surface area (Å²) in [4.78, 5) is 14.8. The first kappa shape index (κ1) is 26.8. The summed E-state index contributed by atoms with van der Waals surface area (Å²) in [5.41, 5.74) is 5.36. The van der Waals surface area contributed by atoms with Gasteiger partial charge in [0.25, 0.3) is 0 Å². The third-order valence-corrected chi connectivity index (χ3v) is 10.9. The van der Waals surface area contributed by atoms with Gasteiger partial charge in [0.05, 0.1) is 19.3 Å². The van der Waals surface area contributed by atoms with Crippen molar-refractivity contribution in [2.45, 2.75) is 0 Å². The van der Waals surface area contributed by atoms with Gasteiger partial charge in [-0.3, -0.25) is 0 Å². The molecule has 3 heterocycles. The fraction of sp³-hybridized carbons (Fsp3) is 0. The number of rotatable bonds is 5. The molecule has 0 unspecified atom stereocenters. The molecule has 0 bridgehead atoms. The SMILES string of the molecule is [2H]c1c([2H])c([2H])c2c(oc3c([2H])c(-c4ccc5ccc(-n6c7ccccc7c7cc8ccccc8cc76)cc5c4)c([2H])c(-c4nc(-c5ccccc5)nc(-c5ccccc5)n4)c32)c1[2H]. The quantitative estimate of drug-likeness (QED) is 0.176. The molecule has 0 aliphatic heterocycles. The van der Waals surface area contributed by atoms with Crippen LogP contribution < -0.4 is 0 Å². The summed E-state index contributed by atoms with van der Waals surface area (Å²) in [5, 5.41) is 6.66. The molecule has 12 aromatic rings. The van der Waals surface area contributed by atoms with Crippen LogP contribution in [0.1, 0.15) is 8.22 Å². The lowest BCUT2D eigenvalue weighted by molar-refractivity contribution is 0.669. The third kappa shape index (κ3) is 5.21. The average molecular weight is 747 g/mol. The van der Waals surface area contributed by atoms with Crippen LogP contribution in [-0.2, 0) is 0 Å². The highest BCUT2D eigenvalue weighted by Gasteiger charge is 2.20. The largest absolute Gasteiger partial charge is 0.456 e. The molecule has 0 fully saturated rings. The first-order valence-electron chi connectivity index (χ1n) is 22.0. The minimum atomic E-state index is -0.462. The Morgan fingerprint density at radius 2 is 1.10 bits per heavy atom. The number of furan rings is 1. The van der Waals surface area contributed by atoms with Gasteiger partial charge in [0.2, 0.25) is 0 Å². The number of aromatic nitrogens is 4. The minimum Gasteiger partial charge on any atom is -0.456 e. The Bertz CT molecular complexity index is 3870. The second-order valence-electron chi connectivity index (χ2n) is 14.4. The van der Waals surface area contributed by atoms with Crippen molar-refractivity contribution in [1.82, 2.24) is 19.5 Å². The van der Waals surface area contributed by atoms with Crippen molar-refractivity contribution in [3.8, 4) is 51.0 Å². The molecule has 0 saturated carbocycles. The number of fused-ring (bicyclic) bond motifs is 8. The van der Waals surface area contributed by atoms with Crippen molar-refractivity contribution in [1.29, 1.82) is 0 Å². The number of benzene rings is 9. The Balaban J connectivity index is 1.14. The molecule has 0 N–H and O–H groups in total. The topological polar surface area (TPSA) is 56.7 Å². The van der Waals surface area contributed by atoms with Gasteiger partial charge in [0, 0.05) is 43.9 Å². The number of hydrogen-bond donors (Lipinski definition) is 0. The summed E-state index contributed by atoms with van der Waals surface area (Å²) < 4.78 is 63.5. The molecule has 0 spiro atoms. The van der Waals surface area contributed by atoms with Crippen molar-refractivity contribution >= 4 is 65.3 Å². The van der Waals surface area contributed by atoms with Crippen molar-refractivity contribution in [2.24, 2.45) is 0 Å². The molecule has 9 aromatic carbocycles. The molecule has 58 heavy (non-hydrogen) atoms. The minimum absolute atomic E-state index is 0.00251. The van der Waals surface area contributed by atoms with Gasteiger partial charge in [-0.15, -0.1) is 0 Å². The second kappa shape index (κ2) is 12.8. The van der Waals surface area contributed by atoms with Crippen LogP contribution in [0.15, 0.2) is 198 Å². The Morgan fingerprint density at radius 3 is 1.90 bits per heavy atom. The zero-order valence-corrected chi connectivity index (χ0v) is 30.7. The van der Waals surface area contributed by atoms with E-state index in [1.165, 1.54) is 5.39 Å². The third-order valence-electron chi connectivity index (χ3n) is 10.9. The van der Waals surface area contributed by atoms with Crippen LogP contribution >= 0.6 is 0 Å². The molecule has 270 valence electrons. The molecule has 3 aromatic heterocycles. The normalized spacial score (nSPS) is 13.2. The van der Waals surface area contributed by atoms with Crippen LogP contribution in [0, 0.1) is 0 Å². The van der Waals surface area contributed by atoms with Crippen molar-refractivity contribution in [3.63, 3.8) is 0 Å². The van der Waals surface area contributed by atoms with Gasteiger partial charge in [-0.05, 0) is 87.2 Å². The van der Waals surface area contributed by atoms with Gasteiger partial charge < -0.3 is 8.98 Å². The number of nitrogens with zero attached hydrogens (tertiary/aromatic N) is 4. The van der Waals surface area contributed by atoms with Crippen LogP contribution in [-0.4, -0.2) is 19.5 Å². The maximum absolute atomic E-state index is 10.1. The van der Waals surface area contributed by atoms with Gasteiger partial charge in [-0.1, -0.05) is 139 Å². The lowest BCUT2D eigenvalue weighted by atomic mass is 9.96. The molecular formula is C53H32N4O. The molecule has 0 radical (unpaired) electrons. The van der Waals surface area contributed by atoms with E-state index in [0.29, 0.717) is 28.3 Å². The first-order chi connectivity index (χ1) is 31.2. The highest BCUT2D eigenvalue weighted by Crippen LogP contribution is 2.41. The Morgan fingerprint density at radius 1 is 0.431 bits per heavy atom. The van der Waals surface area contributed by atoms with E-state index in [1.807, 2.05) is 78.9 Å². The molecule has 0 aliphatic carbocycles. The molecule has 0 saturated heterocycles. The van der Waals surface area contributed by atoms with Crippen molar-refractivity contribution in [3.05, 3.63) is 194 Å². The molecule has 5 nitrogen and oxygen atoms in total. The van der Waals surface area contributed by atoms with E-state index in [2.05, 4.69) is 83.4 Å². The fourth-order valence-corrected chi connectivity index (χ4v) is 8.17. The van der Waals surface area contributed by atoms with Gasteiger partial charge in [0.15, 0.2) is 17.5 Å². The standard InChI is InChI=1S/C53H32N4O/c1-3-13-34(14-4-1)51-54-52(35-15-5-2-6-16-35)56-53(55-51)45-30-40(32-49-50(45)43-20-10-12-22-48(43)58-49)38-24-23-33-25-26-41(28-39(33)27-38)57-46-21-11-9-19-42(46)44-29-36-17-7-8-18-37(36)31-47(44)57/h1-32H/i10D,12D,20D,22D,30D,32D. The van der Waals surface area contributed by atoms with E-state index in [0.717, 1.165) is 43.7 Å². The van der Waals surface area contributed by atoms with Gasteiger partial charge in [-0.2, -0.15) is 0 Å². The van der Waals surface area contributed by atoms with E-state index in [-0.39, 0.29) is 63.1 Å². The summed E-state index contributed by atoms with van der Waals surface area (Å²) in [5.74, 6) is 0.792. The van der Waals surface area contributed by atoms with Crippen LogP contribution in [0.3, 0.4) is 0 Å². The molecule has 0 aliphatic rings. The zero-order chi connectivity index (χ0) is 43.4. The monoisotopic (exact) mass is 746 g/mol. The molecule has 0 amide bonds. The predicted octanol–water partition coefficient (Wildman–Crippen LogP) is 13.8. The highest BCUT2D eigenvalue weighted by atomic mass is 16.3. The van der Waals surface area contributed by atoms with Crippen LogP contribution in [0.4, 0.5) is 0 Å². The molecule has 12 rings (SSSR count). The summed E-state index contributed by atoms with van der Waals surface area (Å²) in [6, 6.07) is 50.4. The molecular weight excluding hydrogens is 709 g/mol. The zero-order valence-electron chi connectivity index (χ0n) is 36.7. The van der Waals surface area contributed by atoms with E-state index >= 15 is 0 Å². The average Bonchev–Trinajstić information content (AvgIpc) is 3.89. The van der Waals surface area contributed by atoms with Crippen molar-refractivity contribution < 1.29 is 12.6 Å². The Labute approximate surface area is 341 Å². The van der Waals surface area contributed by atoms with Gasteiger partial charge in [0.1, 0.15) is 11.2 Å². The van der Waals surface area contributed by atoms with Gasteiger partial charge in [-0.25, -0.2) is 15.0 Å². The number of para-hydroxylation sites is 2. The van der Waals surface area contributed by atoms with Crippen LogP contribution in [0.25, 0.3) is 116 Å². The lowest BCUT2D eigenvalue weighted by Crippen LogP contribution is -2.00. The fourth-order valence-electron chi connectivity index (χ4n) is 8.17. The molecule has 0 atom stereocenters. The highest BCUT2D eigenvalue weighted by molar-refractivity contribution is 6.15. The summed E-state index contributed by atoms with van der Waals surface area (Å²) in [7, 11) is 0. The Hall–Kier alpha value is -7.89. The predicted molar refractivity (Wildman–Crippen MR) is 238 cm³/mol. The van der Waals surface area contributed by atoms with E-state index < -0.39 is 12.1 Å². The van der Waals surface area contributed by atoms with Gasteiger partial charge >= 0.3 is 0 Å². The van der Waals surface area contributed by atoms with Crippen LogP contribution in [0.5, 0.6) is 0 Å². The van der Waals surface area contributed by atoms with E-state index in [4.69, 9.17) is 24.9 Å². The van der Waals surface area contributed by atoms with Crippen LogP contribution in [0.2, 0.25) is 0 Å². The lowest BCUT2D eigenvalue weighted by Gasteiger charge is -2.12. The summed E-state index contributed by atoms with van der Waals surface area (Å²) >= 11 is 0. The van der Waals surface area contributed by atoms with E-state index in [9.17, 15) is 2.74 Å². The molecule has 5 heteroatoms. The maximum atomic E-state index is 10.1. The Kier molecular flexibility index (Phi) is 5.94. The number of hydrogen-bond acceptors (Lipinski definition) is 4. The van der Waals surface area contributed by atoms with E-state index in [1.54, 1.807) is 0 Å². The van der Waals surface area contributed by atoms with Crippen molar-refractivity contribution in [2.75, 3.05) is 0 Å². The smallest absolute Gasteiger partial charge is 0.164 e.